The van der Waals surface area contributed by atoms with Crippen molar-refractivity contribution in [1.82, 2.24) is 0 Å². The summed E-state index contributed by atoms with van der Waals surface area (Å²) in [6.45, 7) is 3.49. The molecule has 0 unspecified atom stereocenters. The van der Waals surface area contributed by atoms with Crippen molar-refractivity contribution >= 4 is 22.2 Å². The van der Waals surface area contributed by atoms with Crippen molar-refractivity contribution in [3.63, 3.8) is 0 Å². The molecule has 1 N–H and O–H groups in total. The van der Waals surface area contributed by atoms with Crippen LogP contribution in [-0.2, 0) is 4.79 Å². The van der Waals surface area contributed by atoms with Gasteiger partial charge in [-0.05, 0) is 23.9 Å². The van der Waals surface area contributed by atoms with Gasteiger partial charge in [-0.1, -0.05) is 0 Å². The Kier molecular flexibility index (Phi) is 2.06. The molecular weight excluding hydrogens is 146 g/mol. The molecule has 0 spiro atoms. The first-order valence-corrected chi connectivity index (χ1v) is 3.90. The normalized spacial score (nSPS) is 9.40. The van der Waals surface area contributed by atoms with E-state index < -0.39 is 0 Å². The second kappa shape index (κ2) is 2.84. The topological polar surface area (TPSA) is 29.1 Å². The van der Waals surface area contributed by atoms with E-state index in [-0.39, 0.29) is 5.91 Å². The van der Waals surface area contributed by atoms with Crippen molar-refractivity contribution in [3.05, 3.63) is 17.0 Å². The predicted octanol–water partition coefficient (Wildman–Crippen LogP) is 2.01. The quantitative estimate of drug-likeness (QED) is 0.660. The van der Waals surface area contributed by atoms with Crippen LogP contribution >= 0.6 is 11.3 Å². The standard InChI is InChI=1S/C7H9NOS/c1-5-3-4-10-7(5)8-6(2)9/h3-4H,1-2H3,(H,8,9). The number of nitrogens with one attached hydrogen (secondary N) is 1. The number of carbonyl (C=O) groups is 1. The molecule has 0 fully saturated rings. The number of aryl methyl sites for hydroxylation is 1. The summed E-state index contributed by atoms with van der Waals surface area (Å²) in [5.74, 6) is -0.00875. The lowest BCUT2D eigenvalue weighted by atomic mass is 10.4. The highest BCUT2D eigenvalue weighted by molar-refractivity contribution is 7.14. The van der Waals surface area contributed by atoms with Crippen LogP contribution in [0.2, 0.25) is 0 Å². The Morgan fingerprint density at radius 2 is 2.40 bits per heavy atom. The second-order valence-electron chi connectivity index (χ2n) is 2.11. The van der Waals surface area contributed by atoms with E-state index in [2.05, 4.69) is 5.32 Å². The van der Waals surface area contributed by atoms with E-state index in [1.54, 1.807) is 11.3 Å². The summed E-state index contributed by atoms with van der Waals surface area (Å²) in [5, 5.41) is 5.64. The highest BCUT2D eigenvalue weighted by atomic mass is 32.1. The van der Waals surface area contributed by atoms with Gasteiger partial charge < -0.3 is 5.32 Å². The van der Waals surface area contributed by atoms with E-state index in [1.807, 2.05) is 18.4 Å². The summed E-state index contributed by atoms with van der Waals surface area (Å²) in [7, 11) is 0. The van der Waals surface area contributed by atoms with Gasteiger partial charge in [0.25, 0.3) is 0 Å². The summed E-state index contributed by atoms with van der Waals surface area (Å²) < 4.78 is 0. The fourth-order valence-electron chi connectivity index (χ4n) is 0.661. The second-order valence-corrected chi connectivity index (χ2v) is 3.03. The van der Waals surface area contributed by atoms with Gasteiger partial charge in [-0.3, -0.25) is 4.79 Å². The van der Waals surface area contributed by atoms with Gasteiger partial charge in [0.05, 0.1) is 5.00 Å². The molecule has 1 rings (SSSR count). The molecule has 0 aliphatic carbocycles. The van der Waals surface area contributed by atoms with Crippen molar-refractivity contribution in [2.24, 2.45) is 0 Å². The van der Waals surface area contributed by atoms with Crippen molar-refractivity contribution in [1.29, 1.82) is 0 Å². The molecule has 0 saturated carbocycles. The van der Waals surface area contributed by atoms with Crippen LogP contribution in [0.25, 0.3) is 0 Å². The molecule has 1 heterocycles. The van der Waals surface area contributed by atoms with Gasteiger partial charge in [-0.15, -0.1) is 11.3 Å². The van der Waals surface area contributed by atoms with Crippen LogP contribution in [-0.4, -0.2) is 5.91 Å². The van der Waals surface area contributed by atoms with E-state index in [0.717, 1.165) is 10.6 Å². The van der Waals surface area contributed by atoms with E-state index in [9.17, 15) is 4.79 Å². The molecule has 0 radical (unpaired) electrons. The number of carbonyl (C=O) groups excluding carboxylic acids is 1. The van der Waals surface area contributed by atoms with Crippen LogP contribution < -0.4 is 5.32 Å². The Labute approximate surface area is 63.9 Å². The number of hydrogen-bond donors (Lipinski definition) is 1. The lowest BCUT2D eigenvalue weighted by Gasteiger charge is -1.97. The summed E-state index contributed by atoms with van der Waals surface area (Å²) in [6.07, 6.45) is 0. The monoisotopic (exact) mass is 155 g/mol. The maximum Gasteiger partial charge on any atom is 0.221 e. The maximum absolute atomic E-state index is 10.6. The average Bonchev–Trinajstić information content (AvgIpc) is 2.15. The molecule has 3 heteroatoms. The first-order valence-electron chi connectivity index (χ1n) is 3.02. The van der Waals surface area contributed by atoms with Crippen molar-refractivity contribution in [3.8, 4) is 0 Å². The number of anilines is 1. The minimum atomic E-state index is -0.00875. The average molecular weight is 155 g/mol. The Balaban J connectivity index is 2.74. The molecule has 0 atom stereocenters. The molecule has 2 nitrogen and oxygen atoms in total. The molecule has 0 saturated heterocycles. The third-order valence-corrected chi connectivity index (χ3v) is 2.08. The molecule has 10 heavy (non-hydrogen) atoms. The third kappa shape index (κ3) is 1.57. The largest absolute Gasteiger partial charge is 0.318 e. The Morgan fingerprint density at radius 3 is 2.80 bits per heavy atom. The summed E-state index contributed by atoms with van der Waals surface area (Å²) in [6, 6.07) is 1.98. The lowest BCUT2D eigenvalue weighted by molar-refractivity contribution is -0.114. The van der Waals surface area contributed by atoms with E-state index in [1.165, 1.54) is 6.92 Å². The fourth-order valence-corrected chi connectivity index (χ4v) is 1.53. The summed E-state index contributed by atoms with van der Waals surface area (Å²) in [5.41, 5.74) is 1.13. The zero-order valence-electron chi connectivity index (χ0n) is 5.97. The number of thiophene rings is 1. The molecular formula is C7H9NOS. The zero-order chi connectivity index (χ0) is 7.56. The smallest absolute Gasteiger partial charge is 0.221 e. The first kappa shape index (κ1) is 7.28. The highest BCUT2D eigenvalue weighted by Gasteiger charge is 1.98. The van der Waals surface area contributed by atoms with Gasteiger partial charge in [0.1, 0.15) is 0 Å². The number of rotatable bonds is 1. The van der Waals surface area contributed by atoms with E-state index >= 15 is 0 Å². The van der Waals surface area contributed by atoms with Gasteiger partial charge in [-0.25, -0.2) is 0 Å². The van der Waals surface area contributed by atoms with E-state index in [0.29, 0.717) is 0 Å². The Hall–Kier alpha value is -0.830. The molecule has 0 aliphatic rings. The number of hydrogen-bond acceptors (Lipinski definition) is 2. The van der Waals surface area contributed by atoms with E-state index in [4.69, 9.17) is 0 Å². The van der Waals surface area contributed by atoms with Gasteiger partial charge in [0, 0.05) is 6.92 Å². The van der Waals surface area contributed by atoms with Gasteiger partial charge in [0.2, 0.25) is 5.91 Å². The fraction of sp³-hybridized carbons (Fsp3) is 0.286. The zero-order valence-corrected chi connectivity index (χ0v) is 6.79. The molecule has 1 aromatic heterocycles. The van der Waals surface area contributed by atoms with Crippen molar-refractivity contribution in [2.45, 2.75) is 13.8 Å². The lowest BCUT2D eigenvalue weighted by Crippen LogP contribution is -2.04. The van der Waals surface area contributed by atoms with Crippen LogP contribution in [0.1, 0.15) is 12.5 Å². The van der Waals surface area contributed by atoms with Crippen LogP contribution in [0.15, 0.2) is 11.4 Å². The van der Waals surface area contributed by atoms with Crippen molar-refractivity contribution < 1.29 is 4.79 Å². The maximum atomic E-state index is 10.6. The molecule has 1 aromatic rings. The van der Waals surface area contributed by atoms with Gasteiger partial charge >= 0.3 is 0 Å². The van der Waals surface area contributed by atoms with Gasteiger partial charge in [0.15, 0.2) is 0 Å². The first-order chi connectivity index (χ1) is 4.70. The molecule has 1 amide bonds. The van der Waals surface area contributed by atoms with Crippen LogP contribution in [0, 0.1) is 6.92 Å². The Bertz CT molecular complexity index is 242. The molecule has 54 valence electrons. The molecule has 0 aromatic carbocycles. The molecule has 0 aliphatic heterocycles. The van der Waals surface area contributed by atoms with Crippen molar-refractivity contribution in [2.75, 3.05) is 5.32 Å². The minimum absolute atomic E-state index is 0.00875. The van der Waals surface area contributed by atoms with Crippen LogP contribution in [0.3, 0.4) is 0 Å². The van der Waals surface area contributed by atoms with Gasteiger partial charge in [-0.2, -0.15) is 0 Å². The summed E-state index contributed by atoms with van der Waals surface area (Å²) in [4.78, 5) is 10.6. The number of amides is 1. The SMILES string of the molecule is CC(=O)Nc1sccc1C. The minimum Gasteiger partial charge on any atom is -0.318 e. The summed E-state index contributed by atoms with van der Waals surface area (Å²) >= 11 is 1.55. The predicted molar refractivity (Wildman–Crippen MR) is 43.4 cm³/mol. The highest BCUT2D eigenvalue weighted by Crippen LogP contribution is 2.21. The van der Waals surface area contributed by atoms with Crippen LogP contribution in [0.5, 0.6) is 0 Å². The third-order valence-electron chi connectivity index (χ3n) is 1.15. The molecule has 0 bridgehead atoms. The van der Waals surface area contributed by atoms with Crippen LogP contribution in [0.4, 0.5) is 5.00 Å². The Morgan fingerprint density at radius 1 is 1.70 bits per heavy atom.